The lowest BCUT2D eigenvalue weighted by atomic mass is 10.1. The predicted molar refractivity (Wildman–Crippen MR) is 70.6 cm³/mol. The van der Waals surface area contributed by atoms with Gasteiger partial charge in [0.05, 0.1) is 0 Å². The molecule has 19 heavy (non-hydrogen) atoms. The van der Waals surface area contributed by atoms with Crippen molar-refractivity contribution in [1.82, 2.24) is 20.4 Å². The van der Waals surface area contributed by atoms with E-state index in [9.17, 15) is 4.79 Å². The fourth-order valence-electron chi connectivity index (χ4n) is 2.46. The fraction of sp³-hybridized carbons (Fsp3) is 0.769. The predicted octanol–water partition coefficient (Wildman–Crippen LogP) is 0.911. The number of aryl methyl sites for hydroxylation is 2. The molecule has 0 bridgehead atoms. The Morgan fingerprint density at radius 3 is 3.00 bits per heavy atom. The van der Waals surface area contributed by atoms with Crippen molar-refractivity contribution in [2.24, 2.45) is 0 Å². The molecule has 2 heterocycles. The normalized spacial score (nSPS) is 18.7. The molecule has 106 valence electrons. The summed E-state index contributed by atoms with van der Waals surface area (Å²) in [6.07, 6.45) is 3.01. The number of hydrogen-bond acceptors (Lipinski definition) is 5. The van der Waals surface area contributed by atoms with Crippen molar-refractivity contribution in [3.8, 4) is 0 Å². The highest BCUT2D eigenvalue weighted by molar-refractivity contribution is 5.76. The molecule has 1 unspecified atom stereocenters. The second-order valence-electron chi connectivity index (χ2n) is 4.97. The molecule has 2 rings (SSSR count). The van der Waals surface area contributed by atoms with Crippen LogP contribution in [0.15, 0.2) is 4.52 Å². The highest BCUT2D eigenvalue weighted by atomic mass is 16.5. The van der Waals surface area contributed by atoms with Gasteiger partial charge in [0.15, 0.2) is 5.82 Å². The van der Waals surface area contributed by atoms with Crippen LogP contribution in [0.1, 0.15) is 37.9 Å². The van der Waals surface area contributed by atoms with Gasteiger partial charge in [-0.1, -0.05) is 12.1 Å². The number of nitrogens with zero attached hydrogens (tertiary/aromatic N) is 3. The summed E-state index contributed by atoms with van der Waals surface area (Å²) >= 11 is 0. The Morgan fingerprint density at radius 2 is 2.42 bits per heavy atom. The molecule has 0 spiro atoms. The maximum absolute atomic E-state index is 12.3. The molecule has 6 heteroatoms. The molecule has 1 aromatic heterocycles. The second-order valence-corrected chi connectivity index (χ2v) is 4.97. The lowest BCUT2D eigenvalue weighted by Gasteiger charge is -2.28. The largest absolute Gasteiger partial charge is 0.339 e. The highest BCUT2D eigenvalue weighted by Gasteiger charge is 2.25. The number of hydrogen-bond donors (Lipinski definition) is 1. The average Bonchev–Trinajstić information content (AvgIpc) is 3.04. The number of carbonyl (C=O) groups excluding carboxylic acids is 1. The topological polar surface area (TPSA) is 71.3 Å². The van der Waals surface area contributed by atoms with Gasteiger partial charge in [-0.05, 0) is 26.3 Å². The van der Waals surface area contributed by atoms with Gasteiger partial charge in [-0.25, -0.2) is 0 Å². The van der Waals surface area contributed by atoms with Crippen LogP contribution in [0.2, 0.25) is 0 Å². The summed E-state index contributed by atoms with van der Waals surface area (Å²) in [5, 5.41) is 7.04. The van der Waals surface area contributed by atoms with Crippen LogP contribution < -0.4 is 5.32 Å². The molecular weight excluding hydrogens is 244 g/mol. The van der Waals surface area contributed by atoms with Crippen LogP contribution in [-0.2, 0) is 11.2 Å². The molecule has 0 saturated carbocycles. The minimum absolute atomic E-state index is 0.186. The molecule has 1 amide bonds. The van der Waals surface area contributed by atoms with Gasteiger partial charge >= 0.3 is 0 Å². The van der Waals surface area contributed by atoms with Crippen LogP contribution >= 0.6 is 0 Å². The van der Waals surface area contributed by atoms with Gasteiger partial charge in [0.2, 0.25) is 11.8 Å². The summed E-state index contributed by atoms with van der Waals surface area (Å²) in [4.78, 5) is 18.4. The maximum Gasteiger partial charge on any atom is 0.227 e. The summed E-state index contributed by atoms with van der Waals surface area (Å²) in [5.41, 5.74) is 0. The summed E-state index contributed by atoms with van der Waals surface area (Å²) in [7, 11) is 0. The lowest BCUT2D eigenvalue weighted by Crippen LogP contribution is -2.42. The minimum atomic E-state index is 0.186. The Kier molecular flexibility index (Phi) is 4.90. The average molecular weight is 266 g/mol. The van der Waals surface area contributed by atoms with E-state index in [1.807, 2.05) is 4.90 Å². The van der Waals surface area contributed by atoms with Crippen molar-refractivity contribution < 1.29 is 9.32 Å². The van der Waals surface area contributed by atoms with Gasteiger partial charge in [-0.3, -0.25) is 4.79 Å². The van der Waals surface area contributed by atoms with Crippen molar-refractivity contribution in [2.45, 2.75) is 45.6 Å². The number of aromatic nitrogens is 2. The quantitative estimate of drug-likeness (QED) is 0.828. The third-order valence-electron chi connectivity index (χ3n) is 3.38. The third-order valence-corrected chi connectivity index (χ3v) is 3.38. The van der Waals surface area contributed by atoms with Gasteiger partial charge < -0.3 is 14.7 Å². The molecule has 1 aliphatic heterocycles. The Balaban J connectivity index is 1.87. The van der Waals surface area contributed by atoms with E-state index in [0.29, 0.717) is 30.6 Å². The first kappa shape index (κ1) is 14.0. The van der Waals surface area contributed by atoms with Crippen LogP contribution in [0.4, 0.5) is 0 Å². The molecule has 1 fully saturated rings. The van der Waals surface area contributed by atoms with E-state index < -0.39 is 0 Å². The summed E-state index contributed by atoms with van der Waals surface area (Å²) in [5.74, 6) is 1.35. The molecule has 1 aromatic rings. The van der Waals surface area contributed by atoms with Crippen molar-refractivity contribution >= 4 is 5.91 Å². The van der Waals surface area contributed by atoms with Crippen LogP contribution in [0.25, 0.3) is 0 Å². The molecule has 1 N–H and O–H groups in total. The van der Waals surface area contributed by atoms with E-state index in [0.717, 1.165) is 32.5 Å². The molecular formula is C13H22N4O2. The van der Waals surface area contributed by atoms with Crippen molar-refractivity contribution in [3.63, 3.8) is 0 Å². The molecule has 0 aliphatic carbocycles. The third kappa shape index (κ3) is 3.76. The Morgan fingerprint density at radius 1 is 1.58 bits per heavy atom. The zero-order valence-corrected chi connectivity index (χ0v) is 11.7. The first-order valence-electron chi connectivity index (χ1n) is 7.00. The number of amides is 1. The van der Waals surface area contributed by atoms with Gasteiger partial charge in [-0.15, -0.1) is 0 Å². The Labute approximate surface area is 113 Å². The lowest BCUT2D eigenvalue weighted by molar-refractivity contribution is -0.133. The molecule has 6 nitrogen and oxygen atoms in total. The van der Waals surface area contributed by atoms with E-state index in [1.54, 1.807) is 6.92 Å². The summed E-state index contributed by atoms with van der Waals surface area (Å²) in [6.45, 7) is 6.62. The van der Waals surface area contributed by atoms with Crippen LogP contribution in [0.5, 0.6) is 0 Å². The highest BCUT2D eigenvalue weighted by Crippen LogP contribution is 2.12. The smallest absolute Gasteiger partial charge is 0.227 e. The standard InChI is InChI=1S/C13H22N4O2/c1-3-8-17(11-6-7-14-9-11)13(18)5-4-12-15-10(2)16-19-12/h11,14H,3-9H2,1-2H3. The first-order valence-corrected chi connectivity index (χ1v) is 7.00. The number of rotatable bonds is 6. The zero-order valence-electron chi connectivity index (χ0n) is 11.7. The van der Waals surface area contributed by atoms with Crippen LogP contribution in [0.3, 0.4) is 0 Å². The van der Waals surface area contributed by atoms with Gasteiger partial charge in [0.25, 0.3) is 0 Å². The second kappa shape index (κ2) is 6.65. The number of nitrogens with one attached hydrogen (secondary N) is 1. The molecule has 1 atom stereocenters. The fourth-order valence-corrected chi connectivity index (χ4v) is 2.46. The van der Waals surface area contributed by atoms with Crippen LogP contribution in [-0.4, -0.2) is 46.6 Å². The van der Waals surface area contributed by atoms with Crippen LogP contribution in [0, 0.1) is 6.92 Å². The monoisotopic (exact) mass is 266 g/mol. The van der Waals surface area contributed by atoms with E-state index in [2.05, 4.69) is 22.4 Å². The molecule has 1 aliphatic rings. The van der Waals surface area contributed by atoms with E-state index in [-0.39, 0.29) is 5.91 Å². The van der Waals surface area contributed by atoms with E-state index >= 15 is 0 Å². The van der Waals surface area contributed by atoms with Gasteiger partial charge in [0.1, 0.15) is 0 Å². The Bertz CT molecular complexity index is 413. The Hall–Kier alpha value is -1.43. The first-order chi connectivity index (χ1) is 9.20. The van der Waals surface area contributed by atoms with Gasteiger partial charge in [0, 0.05) is 32.0 Å². The van der Waals surface area contributed by atoms with Crippen molar-refractivity contribution in [2.75, 3.05) is 19.6 Å². The van der Waals surface area contributed by atoms with E-state index in [4.69, 9.17) is 4.52 Å². The van der Waals surface area contributed by atoms with Crippen molar-refractivity contribution in [1.29, 1.82) is 0 Å². The minimum Gasteiger partial charge on any atom is -0.339 e. The van der Waals surface area contributed by atoms with E-state index in [1.165, 1.54) is 0 Å². The maximum atomic E-state index is 12.3. The van der Waals surface area contributed by atoms with Gasteiger partial charge in [-0.2, -0.15) is 4.98 Å². The zero-order chi connectivity index (χ0) is 13.7. The van der Waals surface area contributed by atoms with Crippen molar-refractivity contribution in [3.05, 3.63) is 11.7 Å². The summed E-state index contributed by atoms with van der Waals surface area (Å²) < 4.78 is 5.04. The molecule has 1 saturated heterocycles. The summed E-state index contributed by atoms with van der Waals surface area (Å²) in [6, 6.07) is 0.344. The number of carbonyl (C=O) groups is 1. The molecule has 0 radical (unpaired) electrons. The SMILES string of the molecule is CCCN(C(=O)CCc1nc(C)no1)C1CCNC1. The molecule has 0 aromatic carbocycles.